The lowest BCUT2D eigenvalue weighted by Gasteiger charge is -1.92. The average molecular weight is 181 g/mol. The van der Waals surface area contributed by atoms with Crippen molar-refractivity contribution in [1.82, 2.24) is 10.2 Å². The zero-order valence-electron chi connectivity index (χ0n) is 6.07. The van der Waals surface area contributed by atoms with Crippen molar-refractivity contribution in [3.63, 3.8) is 0 Å². The molecular weight excluding hydrogens is 176 g/mol. The fourth-order valence-corrected chi connectivity index (χ4v) is 1.02. The van der Waals surface area contributed by atoms with Gasteiger partial charge in [-0.15, -0.1) is 10.2 Å². The van der Waals surface area contributed by atoms with Gasteiger partial charge in [-0.2, -0.15) is 0 Å². The Morgan fingerprint density at radius 2 is 1.92 bits per heavy atom. The molecule has 0 aliphatic rings. The first kappa shape index (κ1) is 7.31. The van der Waals surface area contributed by atoms with Crippen LogP contribution in [0.15, 0.2) is 35.1 Å². The van der Waals surface area contributed by atoms with E-state index in [-0.39, 0.29) is 0 Å². The quantitative estimate of drug-likeness (QED) is 0.677. The molecule has 0 aliphatic carbocycles. The maximum atomic E-state index is 5.71. The van der Waals surface area contributed by atoms with Crippen molar-refractivity contribution in [3.8, 4) is 11.5 Å². The molecule has 0 bridgehead atoms. The molecule has 0 saturated carbocycles. The fraction of sp³-hybridized carbons (Fsp3) is 0. The van der Waals surface area contributed by atoms with Gasteiger partial charge < -0.3 is 4.42 Å². The molecule has 0 amide bonds. The van der Waals surface area contributed by atoms with Gasteiger partial charge >= 0.3 is 0 Å². The summed E-state index contributed by atoms with van der Waals surface area (Å²) in [5.74, 6) is 0.506. The minimum Gasteiger partial charge on any atom is -0.423 e. The summed E-state index contributed by atoms with van der Waals surface area (Å²) in [6, 6.07) is 7.22. The van der Waals surface area contributed by atoms with Crippen LogP contribution in [-0.2, 0) is 0 Å². The monoisotopic (exact) mass is 180 g/mol. The lowest BCUT2D eigenvalue weighted by atomic mass is 10.2. The summed E-state index contributed by atoms with van der Waals surface area (Å²) in [5.41, 5.74) is 0.872. The zero-order valence-corrected chi connectivity index (χ0v) is 6.82. The zero-order chi connectivity index (χ0) is 8.39. The Bertz CT molecular complexity index is 355. The Balaban J connectivity index is 2.43. The second-order valence-corrected chi connectivity index (χ2v) is 2.69. The van der Waals surface area contributed by atoms with Crippen LogP contribution in [0.5, 0.6) is 0 Å². The molecule has 12 heavy (non-hydrogen) atoms. The number of hydrogen-bond acceptors (Lipinski definition) is 3. The first-order valence-corrected chi connectivity index (χ1v) is 3.76. The maximum absolute atomic E-state index is 5.71. The molecule has 60 valence electrons. The van der Waals surface area contributed by atoms with Crippen LogP contribution in [0.25, 0.3) is 11.5 Å². The minimum absolute atomic E-state index is 0.506. The second kappa shape index (κ2) is 2.95. The van der Waals surface area contributed by atoms with E-state index in [1.165, 1.54) is 6.39 Å². The van der Waals surface area contributed by atoms with Crippen LogP contribution in [0.3, 0.4) is 0 Å². The van der Waals surface area contributed by atoms with E-state index in [0.29, 0.717) is 10.9 Å². The highest BCUT2D eigenvalue weighted by molar-refractivity contribution is 6.30. The number of rotatable bonds is 1. The Hall–Kier alpha value is -1.35. The van der Waals surface area contributed by atoms with E-state index in [0.717, 1.165) is 5.56 Å². The van der Waals surface area contributed by atoms with Crippen LogP contribution in [0.2, 0.25) is 5.02 Å². The molecule has 4 heteroatoms. The summed E-state index contributed by atoms with van der Waals surface area (Å²) < 4.78 is 4.99. The van der Waals surface area contributed by atoms with Crippen LogP contribution >= 0.6 is 11.6 Å². The van der Waals surface area contributed by atoms with Crippen molar-refractivity contribution < 1.29 is 4.42 Å². The summed E-state index contributed by atoms with van der Waals surface area (Å²) in [5, 5.41) is 8.02. The molecule has 3 nitrogen and oxygen atoms in total. The Labute approximate surface area is 74.0 Å². The number of halogens is 1. The Morgan fingerprint density at radius 3 is 2.50 bits per heavy atom. The Kier molecular flexibility index (Phi) is 1.80. The number of hydrogen-bond donors (Lipinski definition) is 0. The van der Waals surface area contributed by atoms with E-state index >= 15 is 0 Å². The molecular formula is C8H5ClN2O. The third kappa shape index (κ3) is 1.31. The SMILES string of the molecule is Clc1ccc(-c2nnco2)cc1. The van der Waals surface area contributed by atoms with Gasteiger partial charge in [0.25, 0.3) is 0 Å². The molecule has 2 rings (SSSR count). The highest BCUT2D eigenvalue weighted by Gasteiger charge is 2.01. The number of nitrogens with zero attached hydrogens (tertiary/aromatic N) is 2. The first-order chi connectivity index (χ1) is 5.86. The molecule has 1 heterocycles. The van der Waals surface area contributed by atoms with Gasteiger partial charge in [-0.05, 0) is 24.3 Å². The third-order valence-corrected chi connectivity index (χ3v) is 1.70. The van der Waals surface area contributed by atoms with E-state index in [1.807, 2.05) is 12.1 Å². The van der Waals surface area contributed by atoms with E-state index < -0.39 is 0 Å². The van der Waals surface area contributed by atoms with Crippen molar-refractivity contribution >= 4 is 11.6 Å². The first-order valence-electron chi connectivity index (χ1n) is 3.38. The largest absolute Gasteiger partial charge is 0.423 e. The normalized spacial score (nSPS) is 10.1. The highest BCUT2D eigenvalue weighted by atomic mass is 35.5. The summed E-state index contributed by atoms with van der Waals surface area (Å²) >= 11 is 5.71. The van der Waals surface area contributed by atoms with Crippen molar-refractivity contribution in [2.75, 3.05) is 0 Å². The van der Waals surface area contributed by atoms with E-state index in [4.69, 9.17) is 16.0 Å². The highest BCUT2D eigenvalue weighted by Crippen LogP contribution is 2.18. The number of aromatic nitrogens is 2. The van der Waals surface area contributed by atoms with Gasteiger partial charge in [-0.1, -0.05) is 11.6 Å². The van der Waals surface area contributed by atoms with Gasteiger partial charge in [0.1, 0.15) is 0 Å². The third-order valence-electron chi connectivity index (χ3n) is 1.45. The second-order valence-electron chi connectivity index (χ2n) is 2.25. The molecule has 1 aromatic heterocycles. The molecule has 0 radical (unpaired) electrons. The van der Waals surface area contributed by atoms with Crippen LogP contribution in [0.4, 0.5) is 0 Å². The van der Waals surface area contributed by atoms with Crippen molar-refractivity contribution in [1.29, 1.82) is 0 Å². The summed E-state index contributed by atoms with van der Waals surface area (Å²) in [7, 11) is 0. The average Bonchev–Trinajstić information content (AvgIpc) is 2.58. The van der Waals surface area contributed by atoms with Crippen LogP contribution in [0.1, 0.15) is 0 Å². The lowest BCUT2D eigenvalue weighted by molar-refractivity contribution is 0.568. The van der Waals surface area contributed by atoms with Gasteiger partial charge in [0.15, 0.2) is 0 Å². The molecule has 1 aromatic carbocycles. The van der Waals surface area contributed by atoms with E-state index in [2.05, 4.69) is 10.2 Å². The minimum atomic E-state index is 0.506. The van der Waals surface area contributed by atoms with Crippen molar-refractivity contribution in [2.24, 2.45) is 0 Å². The maximum Gasteiger partial charge on any atom is 0.247 e. The lowest BCUT2D eigenvalue weighted by Crippen LogP contribution is -1.76. The van der Waals surface area contributed by atoms with Crippen LogP contribution in [0, 0.1) is 0 Å². The molecule has 0 N–H and O–H groups in total. The van der Waals surface area contributed by atoms with Crippen molar-refractivity contribution in [3.05, 3.63) is 35.7 Å². The van der Waals surface area contributed by atoms with Gasteiger partial charge in [0.05, 0.1) is 0 Å². The van der Waals surface area contributed by atoms with Gasteiger partial charge in [0.2, 0.25) is 12.3 Å². The predicted octanol–water partition coefficient (Wildman–Crippen LogP) is 2.39. The standard InChI is InChI=1S/C8H5ClN2O/c9-7-3-1-6(2-4-7)8-11-10-5-12-8/h1-5H. The molecule has 2 aromatic rings. The molecule has 0 saturated heterocycles. The fourth-order valence-electron chi connectivity index (χ4n) is 0.891. The summed E-state index contributed by atoms with van der Waals surface area (Å²) in [4.78, 5) is 0. The smallest absolute Gasteiger partial charge is 0.247 e. The van der Waals surface area contributed by atoms with Crippen molar-refractivity contribution in [2.45, 2.75) is 0 Å². The molecule has 0 fully saturated rings. The topological polar surface area (TPSA) is 38.9 Å². The van der Waals surface area contributed by atoms with Crippen LogP contribution < -0.4 is 0 Å². The van der Waals surface area contributed by atoms with E-state index in [1.54, 1.807) is 12.1 Å². The molecule has 0 aliphatic heterocycles. The molecule has 0 spiro atoms. The van der Waals surface area contributed by atoms with Gasteiger partial charge in [-0.3, -0.25) is 0 Å². The van der Waals surface area contributed by atoms with Gasteiger partial charge in [-0.25, -0.2) is 0 Å². The summed E-state index contributed by atoms with van der Waals surface area (Å²) in [6.07, 6.45) is 1.30. The van der Waals surface area contributed by atoms with Crippen LogP contribution in [-0.4, -0.2) is 10.2 Å². The molecule has 0 unspecified atom stereocenters. The predicted molar refractivity (Wildman–Crippen MR) is 44.7 cm³/mol. The summed E-state index contributed by atoms with van der Waals surface area (Å²) in [6.45, 7) is 0. The van der Waals surface area contributed by atoms with E-state index in [9.17, 15) is 0 Å². The number of benzene rings is 1. The Morgan fingerprint density at radius 1 is 1.17 bits per heavy atom. The molecule has 0 atom stereocenters. The van der Waals surface area contributed by atoms with Gasteiger partial charge in [0, 0.05) is 10.6 Å².